The van der Waals surface area contributed by atoms with E-state index in [1.807, 2.05) is 24.0 Å². The predicted molar refractivity (Wildman–Crippen MR) is 158 cm³/mol. The van der Waals surface area contributed by atoms with Crippen molar-refractivity contribution in [1.29, 1.82) is 0 Å². The molecule has 0 radical (unpaired) electrons. The molecule has 0 spiro atoms. The second kappa shape index (κ2) is 15.9. The topological polar surface area (TPSA) is 98.7 Å². The van der Waals surface area contributed by atoms with Gasteiger partial charge in [0.15, 0.2) is 0 Å². The third-order valence-corrected chi connectivity index (χ3v) is 8.63. The van der Waals surface area contributed by atoms with Gasteiger partial charge >= 0.3 is 6.03 Å². The number of amides is 2. The number of hydrogen-bond donors (Lipinski definition) is 3. The van der Waals surface area contributed by atoms with Gasteiger partial charge in [-0.05, 0) is 94.3 Å². The molecule has 2 aromatic carbocycles. The Morgan fingerprint density at radius 3 is 2.27 bits per heavy atom. The number of benzene rings is 2. The molecule has 2 aromatic rings. The van der Waals surface area contributed by atoms with Crippen LogP contribution in [0.4, 0.5) is 9.18 Å². The molecule has 0 bridgehead atoms. The Morgan fingerprint density at radius 1 is 1.05 bits per heavy atom. The van der Waals surface area contributed by atoms with Crippen molar-refractivity contribution in [3.63, 3.8) is 0 Å². The third kappa shape index (κ3) is 11.0. The molecule has 1 aliphatic carbocycles. The fourth-order valence-corrected chi connectivity index (χ4v) is 5.73. The molecule has 1 aliphatic heterocycles. The second-order valence-corrected chi connectivity index (χ2v) is 12.4. The van der Waals surface area contributed by atoms with Gasteiger partial charge in [0, 0.05) is 19.1 Å². The van der Waals surface area contributed by atoms with Crippen molar-refractivity contribution < 1.29 is 22.2 Å². The summed E-state index contributed by atoms with van der Waals surface area (Å²) in [5.41, 5.74) is 1.90. The molecule has 4 rings (SSSR count). The summed E-state index contributed by atoms with van der Waals surface area (Å²) < 4.78 is 42.6. The number of nitrogens with one attached hydrogen (secondary N) is 2. The highest BCUT2D eigenvalue weighted by molar-refractivity contribution is 7.85. The Kier molecular flexibility index (Phi) is 12.6. The third-order valence-electron chi connectivity index (χ3n) is 7.76. The summed E-state index contributed by atoms with van der Waals surface area (Å²) in [4.78, 5) is 15.0. The lowest BCUT2D eigenvalue weighted by atomic mass is 9.84. The van der Waals surface area contributed by atoms with Gasteiger partial charge in [-0.3, -0.25) is 4.55 Å². The molecule has 3 N–H and O–H groups in total. The van der Waals surface area contributed by atoms with E-state index in [9.17, 15) is 17.6 Å². The maximum atomic E-state index is 13.1. The van der Waals surface area contributed by atoms with Gasteiger partial charge in [-0.15, -0.1) is 0 Å². The molecule has 1 saturated heterocycles. The van der Waals surface area contributed by atoms with Gasteiger partial charge in [-0.2, -0.15) is 8.42 Å². The maximum absolute atomic E-state index is 13.1. The first kappa shape index (κ1) is 31.8. The van der Waals surface area contributed by atoms with Crippen LogP contribution in [-0.4, -0.2) is 56.1 Å². The van der Waals surface area contributed by atoms with Crippen LogP contribution in [0.25, 0.3) is 6.08 Å². The van der Waals surface area contributed by atoms with Crippen LogP contribution >= 0.6 is 0 Å². The van der Waals surface area contributed by atoms with Crippen LogP contribution < -0.4 is 10.6 Å². The van der Waals surface area contributed by atoms with Crippen LogP contribution in [0.15, 0.2) is 59.5 Å². The smallest absolute Gasteiger partial charge is 0.317 e. The van der Waals surface area contributed by atoms with Crippen molar-refractivity contribution in [2.75, 3.05) is 26.2 Å². The number of carbonyl (C=O) groups is 1. The van der Waals surface area contributed by atoms with Gasteiger partial charge in [-0.25, -0.2) is 9.18 Å². The lowest BCUT2D eigenvalue weighted by Crippen LogP contribution is -2.49. The van der Waals surface area contributed by atoms with Gasteiger partial charge in [0.1, 0.15) is 5.82 Å². The number of nitrogens with zero attached hydrogens (tertiary/aromatic N) is 1. The largest absolute Gasteiger partial charge is 0.335 e. The maximum Gasteiger partial charge on any atom is 0.317 e. The molecule has 1 heterocycles. The van der Waals surface area contributed by atoms with Crippen LogP contribution in [0.1, 0.15) is 63.0 Å². The summed E-state index contributed by atoms with van der Waals surface area (Å²) in [5, 5.41) is 6.68. The van der Waals surface area contributed by atoms with Crippen LogP contribution in [0.2, 0.25) is 0 Å². The average molecular weight is 574 g/mol. The Labute approximate surface area is 239 Å². The summed E-state index contributed by atoms with van der Waals surface area (Å²) in [6, 6.07) is 12.7. The zero-order chi connectivity index (χ0) is 29.0. The zero-order valence-corrected chi connectivity index (χ0v) is 24.5. The van der Waals surface area contributed by atoms with E-state index < -0.39 is 10.1 Å². The van der Waals surface area contributed by atoms with Crippen molar-refractivity contribution in [3.8, 4) is 0 Å². The predicted octanol–water partition coefficient (Wildman–Crippen LogP) is 6.06. The molecule has 2 aliphatic rings. The highest BCUT2D eigenvalue weighted by atomic mass is 32.2. The average Bonchev–Trinajstić information content (AvgIpc) is 2.94. The lowest BCUT2D eigenvalue weighted by molar-refractivity contribution is 0.176. The minimum atomic E-state index is -4.02. The Balaban J connectivity index is 0.000000336. The van der Waals surface area contributed by atoms with E-state index in [1.165, 1.54) is 56.4 Å². The first-order chi connectivity index (χ1) is 19.1. The number of carbonyl (C=O) groups excluding carboxylic acids is 1. The molecule has 9 heteroatoms. The summed E-state index contributed by atoms with van der Waals surface area (Å²) in [6.07, 6.45) is 12.5. The summed E-state index contributed by atoms with van der Waals surface area (Å²) >= 11 is 0. The van der Waals surface area contributed by atoms with Gasteiger partial charge < -0.3 is 15.5 Å². The van der Waals surface area contributed by atoms with Crippen LogP contribution in [-0.2, 0) is 10.1 Å². The van der Waals surface area contributed by atoms with E-state index in [4.69, 9.17) is 4.55 Å². The second-order valence-electron chi connectivity index (χ2n) is 11.0. The van der Waals surface area contributed by atoms with Crippen molar-refractivity contribution in [2.24, 2.45) is 11.8 Å². The van der Waals surface area contributed by atoms with E-state index in [1.54, 1.807) is 24.3 Å². The van der Waals surface area contributed by atoms with Gasteiger partial charge in [0.2, 0.25) is 0 Å². The standard InChI is InChI=1S/C24H36FN3O.C7H8O3S/c1-19(22-7-3-2-4-8-22)27-24(29)28(18-21-13-15-26-16-14-21)17-5-6-20-9-11-23(25)12-10-20;1-6-2-4-7(5-3-6)11(8,9)10/h5-6,9-12,19,21-22,26H,2-4,7-8,13-18H2,1H3,(H,27,29);2-5H,1H3,(H,8,9,10)/b6-5+;. The Bertz CT molecular complexity index is 1170. The van der Waals surface area contributed by atoms with Gasteiger partial charge in [0.05, 0.1) is 4.90 Å². The van der Waals surface area contributed by atoms with E-state index in [0.717, 1.165) is 43.6 Å². The fourth-order valence-electron chi connectivity index (χ4n) is 5.25. The van der Waals surface area contributed by atoms with Crippen LogP contribution in [0, 0.1) is 24.6 Å². The molecule has 220 valence electrons. The van der Waals surface area contributed by atoms with Crippen molar-refractivity contribution in [2.45, 2.75) is 69.7 Å². The normalized spacial score (nSPS) is 17.6. The number of aryl methyl sites for hydroxylation is 1. The van der Waals surface area contributed by atoms with Crippen LogP contribution in [0.3, 0.4) is 0 Å². The first-order valence-corrected chi connectivity index (χ1v) is 15.8. The molecule has 7 nitrogen and oxygen atoms in total. The number of halogens is 1. The highest BCUT2D eigenvalue weighted by Gasteiger charge is 2.25. The monoisotopic (exact) mass is 573 g/mol. The van der Waals surface area contributed by atoms with E-state index in [-0.39, 0.29) is 22.8 Å². The highest BCUT2D eigenvalue weighted by Crippen LogP contribution is 2.26. The van der Waals surface area contributed by atoms with E-state index in [2.05, 4.69) is 17.6 Å². The first-order valence-electron chi connectivity index (χ1n) is 14.3. The summed E-state index contributed by atoms with van der Waals surface area (Å²) in [7, 11) is -4.02. The SMILES string of the molecule is CC(NC(=O)N(C/C=C/c1ccc(F)cc1)CC1CCNCC1)C1CCCCC1.Cc1ccc(S(=O)(=O)O)cc1. The van der Waals surface area contributed by atoms with Crippen LogP contribution in [0.5, 0.6) is 0 Å². The minimum absolute atomic E-state index is 0.0466. The molecule has 1 atom stereocenters. The minimum Gasteiger partial charge on any atom is -0.335 e. The van der Waals surface area contributed by atoms with Gasteiger partial charge in [-0.1, -0.05) is 61.2 Å². The number of rotatable bonds is 8. The molecular weight excluding hydrogens is 529 g/mol. The van der Waals surface area contributed by atoms with E-state index >= 15 is 0 Å². The van der Waals surface area contributed by atoms with Gasteiger partial charge in [0.25, 0.3) is 10.1 Å². The van der Waals surface area contributed by atoms with Crippen molar-refractivity contribution >= 4 is 22.2 Å². The van der Waals surface area contributed by atoms with Crippen molar-refractivity contribution in [3.05, 3.63) is 71.6 Å². The molecule has 1 unspecified atom stereocenters. The Morgan fingerprint density at radius 2 is 1.68 bits per heavy atom. The molecular formula is C31H44FN3O4S. The molecule has 0 aromatic heterocycles. The number of urea groups is 1. The molecule has 2 fully saturated rings. The number of piperidine rings is 1. The Hall–Kier alpha value is -2.75. The summed E-state index contributed by atoms with van der Waals surface area (Å²) in [6.45, 7) is 7.43. The van der Waals surface area contributed by atoms with Crippen molar-refractivity contribution in [1.82, 2.24) is 15.5 Å². The molecule has 1 saturated carbocycles. The summed E-state index contributed by atoms with van der Waals surface area (Å²) in [5.74, 6) is 0.917. The van der Waals surface area contributed by atoms with E-state index in [0.29, 0.717) is 18.4 Å². The fraction of sp³-hybridized carbons (Fsp3) is 0.516. The molecule has 2 amide bonds. The quantitative estimate of drug-likeness (QED) is 0.334. The lowest BCUT2D eigenvalue weighted by Gasteiger charge is -2.33. The molecule has 40 heavy (non-hydrogen) atoms. The number of hydrogen-bond acceptors (Lipinski definition) is 4. The zero-order valence-electron chi connectivity index (χ0n) is 23.7.